The normalized spacial score (nSPS) is 14.9. The fourth-order valence-corrected chi connectivity index (χ4v) is 1.35. The molecule has 2 rings (SSSR count). The largest absolute Gasteiger partial charge is 0.385 e. The van der Waals surface area contributed by atoms with Gasteiger partial charge >= 0.3 is 0 Å². The lowest BCUT2D eigenvalue weighted by Crippen LogP contribution is -2.33. The third-order valence-corrected chi connectivity index (χ3v) is 2.24. The summed E-state index contributed by atoms with van der Waals surface area (Å²) in [6.07, 6.45) is -0.162. The molecule has 0 aromatic carbocycles. The van der Waals surface area contributed by atoms with Gasteiger partial charge in [0.15, 0.2) is 6.10 Å². The molecular formula is C9H10N4O3. The summed E-state index contributed by atoms with van der Waals surface area (Å²) in [5.74, 6) is -0.989. The van der Waals surface area contributed by atoms with E-state index in [1.165, 1.54) is 12.4 Å². The van der Waals surface area contributed by atoms with Gasteiger partial charge in [-0.3, -0.25) is 14.9 Å². The first-order valence-electron chi connectivity index (χ1n) is 4.54. The molecule has 7 nitrogen and oxygen atoms in total. The van der Waals surface area contributed by atoms with Crippen LogP contribution in [-0.2, 0) is 4.79 Å². The van der Waals surface area contributed by atoms with Crippen LogP contribution in [0.2, 0.25) is 0 Å². The molecule has 0 spiro atoms. The number of H-pyrrole nitrogens is 1. The number of hydrogen-bond acceptors (Lipinski definition) is 5. The van der Waals surface area contributed by atoms with E-state index in [-0.39, 0.29) is 0 Å². The number of aromatic nitrogens is 3. The number of nitrogens with two attached hydrogens (primary N) is 1. The maximum Gasteiger partial charge on any atom is 0.249 e. The molecule has 2 aromatic rings. The lowest BCUT2D eigenvalue weighted by atomic mass is 10.1. The Balaban J connectivity index is 2.35. The maximum atomic E-state index is 10.7. The number of aromatic amines is 1. The molecule has 0 radical (unpaired) electrons. The maximum absolute atomic E-state index is 10.7. The molecule has 2 aromatic heterocycles. The lowest BCUT2D eigenvalue weighted by Gasteiger charge is -2.14. The van der Waals surface area contributed by atoms with Gasteiger partial charge in [0.25, 0.3) is 0 Å². The zero-order valence-electron chi connectivity index (χ0n) is 8.16. The van der Waals surface area contributed by atoms with E-state index in [9.17, 15) is 15.0 Å². The van der Waals surface area contributed by atoms with Crippen LogP contribution < -0.4 is 5.73 Å². The summed E-state index contributed by atoms with van der Waals surface area (Å²) in [4.78, 5) is 14.7. The van der Waals surface area contributed by atoms with Gasteiger partial charge in [0.1, 0.15) is 11.6 Å². The summed E-state index contributed by atoms with van der Waals surface area (Å²) in [6, 6.07) is 1.55. The third kappa shape index (κ3) is 1.73. The first-order chi connectivity index (χ1) is 7.59. The van der Waals surface area contributed by atoms with Crippen molar-refractivity contribution in [3.8, 4) is 0 Å². The predicted octanol–water partition coefficient (Wildman–Crippen LogP) is -1.16. The van der Waals surface area contributed by atoms with Crippen LogP contribution in [0.3, 0.4) is 0 Å². The Morgan fingerprint density at radius 2 is 2.19 bits per heavy atom. The second-order valence-corrected chi connectivity index (χ2v) is 3.36. The van der Waals surface area contributed by atoms with Crippen LogP contribution >= 0.6 is 0 Å². The van der Waals surface area contributed by atoms with Crippen molar-refractivity contribution in [3.05, 3.63) is 24.0 Å². The number of nitrogens with one attached hydrogen (secondary N) is 1. The molecule has 84 valence electrons. The van der Waals surface area contributed by atoms with Crippen LogP contribution in [0.15, 0.2) is 18.5 Å². The summed E-state index contributed by atoms with van der Waals surface area (Å²) < 4.78 is 0. The Hall–Kier alpha value is -1.99. The van der Waals surface area contributed by atoms with E-state index < -0.39 is 18.1 Å². The molecule has 0 saturated heterocycles. The van der Waals surface area contributed by atoms with Crippen molar-refractivity contribution in [2.45, 2.75) is 12.2 Å². The van der Waals surface area contributed by atoms with E-state index >= 15 is 0 Å². The number of fused-ring (bicyclic) bond motifs is 1. The number of nitrogens with zero attached hydrogens (tertiary/aromatic N) is 2. The number of rotatable bonds is 3. The first-order valence-corrected chi connectivity index (χ1v) is 4.54. The van der Waals surface area contributed by atoms with Crippen molar-refractivity contribution < 1.29 is 15.0 Å². The van der Waals surface area contributed by atoms with E-state index in [1.54, 1.807) is 6.07 Å². The molecule has 2 unspecified atom stereocenters. The van der Waals surface area contributed by atoms with Crippen LogP contribution in [-0.4, -0.2) is 37.4 Å². The minimum atomic E-state index is -1.65. The highest BCUT2D eigenvalue weighted by molar-refractivity contribution is 5.80. The Labute approximate surface area is 89.9 Å². The van der Waals surface area contributed by atoms with Gasteiger partial charge in [0.05, 0.1) is 11.7 Å². The number of hydrogen-bond donors (Lipinski definition) is 4. The second kappa shape index (κ2) is 3.87. The van der Waals surface area contributed by atoms with Gasteiger partial charge in [-0.1, -0.05) is 0 Å². The molecule has 16 heavy (non-hydrogen) atoms. The smallest absolute Gasteiger partial charge is 0.249 e. The number of primary amides is 1. The first kappa shape index (κ1) is 10.5. The Bertz CT molecular complexity index is 524. The van der Waals surface area contributed by atoms with Gasteiger partial charge < -0.3 is 15.9 Å². The van der Waals surface area contributed by atoms with Crippen molar-refractivity contribution in [1.29, 1.82) is 0 Å². The van der Waals surface area contributed by atoms with Gasteiger partial charge in [0.2, 0.25) is 5.91 Å². The molecular weight excluding hydrogens is 212 g/mol. The Morgan fingerprint density at radius 3 is 2.88 bits per heavy atom. The van der Waals surface area contributed by atoms with E-state index in [1.807, 2.05) is 0 Å². The van der Waals surface area contributed by atoms with Crippen molar-refractivity contribution in [1.82, 2.24) is 15.2 Å². The highest BCUT2D eigenvalue weighted by atomic mass is 16.3. The van der Waals surface area contributed by atoms with Crippen LogP contribution in [0.4, 0.5) is 0 Å². The molecule has 0 fully saturated rings. The number of aliphatic hydroxyl groups excluding tert-OH is 2. The van der Waals surface area contributed by atoms with E-state index in [2.05, 4.69) is 15.2 Å². The average molecular weight is 222 g/mol. The molecule has 2 atom stereocenters. The van der Waals surface area contributed by atoms with E-state index in [4.69, 9.17) is 5.73 Å². The zero-order valence-corrected chi connectivity index (χ0v) is 8.16. The van der Waals surface area contributed by atoms with E-state index in [0.717, 1.165) is 0 Å². The predicted molar refractivity (Wildman–Crippen MR) is 54.0 cm³/mol. The van der Waals surface area contributed by atoms with E-state index in [0.29, 0.717) is 16.6 Å². The van der Waals surface area contributed by atoms with Crippen molar-refractivity contribution in [2.24, 2.45) is 5.73 Å². The summed E-state index contributed by atoms with van der Waals surface area (Å²) >= 11 is 0. The van der Waals surface area contributed by atoms with Crippen LogP contribution in [0, 0.1) is 0 Å². The fraction of sp³-hybridized carbons (Fsp3) is 0.222. The topological polar surface area (TPSA) is 125 Å². The number of pyridine rings is 1. The summed E-state index contributed by atoms with van der Waals surface area (Å²) in [7, 11) is 0. The molecule has 2 heterocycles. The average Bonchev–Trinajstić information content (AvgIpc) is 2.73. The molecule has 0 saturated carbocycles. The van der Waals surface area contributed by atoms with Gasteiger partial charge in [0, 0.05) is 11.8 Å². The standard InChI is InChI=1S/C9H10N4O3/c10-9(16)8(15)7(14)4-1-5-6(11-2-4)3-12-13-5/h1-3,7-8,14-15H,(H2,10,16)(H,12,13). The molecule has 0 aliphatic carbocycles. The number of aliphatic hydroxyl groups is 2. The molecule has 0 aliphatic rings. The summed E-state index contributed by atoms with van der Waals surface area (Å²) in [6.45, 7) is 0. The Morgan fingerprint density at radius 1 is 1.44 bits per heavy atom. The highest BCUT2D eigenvalue weighted by Gasteiger charge is 2.23. The quantitative estimate of drug-likeness (QED) is 0.521. The lowest BCUT2D eigenvalue weighted by molar-refractivity contribution is -0.131. The minimum Gasteiger partial charge on any atom is -0.385 e. The van der Waals surface area contributed by atoms with Gasteiger partial charge in [-0.2, -0.15) is 5.10 Å². The highest BCUT2D eigenvalue weighted by Crippen LogP contribution is 2.19. The van der Waals surface area contributed by atoms with Gasteiger partial charge in [-0.15, -0.1) is 0 Å². The van der Waals surface area contributed by atoms with Crippen LogP contribution in [0.25, 0.3) is 11.0 Å². The van der Waals surface area contributed by atoms with Crippen LogP contribution in [0.5, 0.6) is 0 Å². The fourth-order valence-electron chi connectivity index (χ4n) is 1.35. The van der Waals surface area contributed by atoms with Crippen molar-refractivity contribution in [2.75, 3.05) is 0 Å². The van der Waals surface area contributed by atoms with Gasteiger partial charge in [-0.05, 0) is 6.07 Å². The SMILES string of the molecule is NC(=O)C(O)C(O)c1cnc2cn[nH]c2c1. The number of amides is 1. The minimum absolute atomic E-state index is 0.294. The van der Waals surface area contributed by atoms with Crippen molar-refractivity contribution >= 4 is 16.9 Å². The molecule has 7 heteroatoms. The second-order valence-electron chi connectivity index (χ2n) is 3.36. The molecule has 1 amide bonds. The molecule has 0 bridgehead atoms. The van der Waals surface area contributed by atoms with Crippen LogP contribution in [0.1, 0.15) is 11.7 Å². The Kier molecular flexibility index (Phi) is 2.55. The molecule has 0 aliphatic heterocycles. The zero-order chi connectivity index (χ0) is 11.7. The van der Waals surface area contributed by atoms with Crippen molar-refractivity contribution in [3.63, 3.8) is 0 Å². The summed E-state index contributed by atoms with van der Waals surface area (Å²) in [5.41, 5.74) is 6.41. The number of carbonyl (C=O) groups is 1. The third-order valence-electron chi connectivity index (χ3n) is 2.24. The number of carbonyl (C=O) groups excluding carboxylic acids is 1. The summed E-state index contributed by atoms with van der Waals surface area (Å²) in [5, 5.41) is 25.3. The van der Waals surface area contributed by atoms with Gasteiger partial charge in [-0.25, -0.2) is 0 Å². The monoisotopic (exact) mass is 222 g/mol. The molecule has 5 N–H and O–H groups in total.